The van der Waals surface area contributed by atoms with Crippen molar-refractivity contribution in [2.45, 2.75) is 12.4 Å². The number of hydrogen-bond donors (Lipinski definition) is 0. The molecule has 6 nitrogen and oxygen atoms in total. The molecular formula is C19H15F6N3O3. The van der Waals surface area contributed by atoms with Gasteiger partial charge in [-0.05, 0) is 30.3 Å². The molecule has 0 N–H and O–H groups in total. The molecule has 1 aliphatic rings. The summed E-state index contributed by atoms with van der Waals surface area (Å²) in [7, 11) is 0. The highest BCUT2D eigenvalue weighted by molar-refractivity contribution is 5.94. The first-order valence-electron chi connectivity index (χ1n) is 8.95. The Kier molecular flexibility index (Phi) is 5.83. The number of nitrogens with zero attached hydrogens (tertiary/aromatic N) is 3. The van der Waals surface area contributed by atoms with Gasteiger partial charge >= 0.3 is 12.4 Å². The van der Waals surface area contributed by atoms with Crippen LogP contribution in [0.2, 0.25) is 0 Å². The summed E-state index contributed by atoms with van der Waals surface area (Å²) in [6.45, 7) is 0.203. The van der Waals surface area contributed by atoms with E-state index in [-0.39, 0.29) is 37.4 Å². The monoisotopic (exact) mass is 447 g/mol. The van der Waals surface area contributed by atoms with Crippen LogP contribution >= 0.6 is 0 Å². The number of nitro groups is 1. The third-order valence-corrected chi connectivity index (χ3v) is 4.84. The minimum absolute atomic E-state index is 0.0239. The second-order valence-electron chi connectivity index (χ2n) is 6.82. The number of hydrogen-bond acceptors (Lipinski definition) is 4. The highest BCUT2D eigenvalue weighted by Crippen LogP contribution is 2.37. The number of carbonyl (C=O) groups excluding carboxylic acids is 1. The molecule has 0 aromatic heterocycles. The second-order valence-corrected chi connectivity index (χ2v) is 6.82. The molecule has 1 aliphatic heterocycles. The van der Waals surface area contributed by atoms with E-state index in [4.69, 9.17) is 0 Å². The predicted octanol–water partition coefficient (Wildman–Crippen LogP) is 4.59. The fraction of sp³-hybridized carbons (Fsp3) is 0.316. The molecule has 1 saturated heterocycles. The molecule has 1 amide bonds. The Hall–Kier alpha value is -3.31. The Balaban J connectivity index is 1.75. The van der Waals surface area contributed by atoms with Crippen LogP contribution in [0.4, 0.5) is 37.7 Å². The summed E-state index contributed by atoms with van der Waals surface area (Å²) >= 11 is 0. The van der Waals surface area contributed by atoms with Crippen LogP contribution < -0.4 is 4.90 Å². The Morgan fingerprint density at radius 1 is 0.871 bits per heavy atom. The van der Waals surface area contributed by atoms with E-state index in [1.165, 1.54) is 15.9 Å². The summed E-state index contributed by atoms with van der Waals surface area (Å²) in [5.74, 6) is -0.632. The number of anilines is 1. The first-order chi connectivity index (χ1) is 14.4. The zero-order valence-corrected chi connectivity index (χ0v) is 15.7. The van der Waals surface area contributed by atoms with Crippen molar-refractivity contribution in [1.29, 1.82) is 0 Å². The lowest BCUT2D eigenvalue weighted by molar-refractivity contribution is -0.384. The van der Waals surface area contributed by atoms with Crippen molar-refractivity contribution in [3.8, 4) is 0 Å². The maximum Gasteiger partial charge on any atom is 0.416 e. The van der Waals surface area contributed by atoms with Gasteiger partial charge in [0, 0.05) is 37.8 Å². The summed E-state index contributed by atoms with van der Waals surface area (Å²) in [5.41, 5.74) is -3.00. The number of nitro benzene ring substituents is 1. The van der Waals surface area contributed by atoms with Crippen molar-refractivity contribution in [2.24, 2.45) is 0 Å². The lowest BCUT2D eigenvalue weighted by Gasteiger charge is -2.36. The van der Waals surface area contributed by atoms with Crippen LogP contribution in [0.25, 0.3) is 0 Å². The van der Waals surface area contributed by atoms with Gasteiger partial charge in [-0.1, -0.05) is 6.07 Å². The number of benzene rings is 2. The van der Waals surface area contributed by atoms with E-state index in [0.29, 0.717) is 6.07 Å². The molecule has 0 aliphatic carbocycles. The average Bonchev–Trinajstić information content (AvgIpc) is 2.71. The molecule has 3 rings (SSSR count). The Morgan fingerprint density at radius 3 is 2.00 bits per heavy atom. The number of alkyl halides is 6. The molecule has 2 aromatic carbocycles. The van der Waals surface area contributed by atoms with Crippen molar-refractivity contribution >= 4 is 17.3 Å². The van der Waals surface area contributed by atoms with Crippen LogP contribution in [0, 0.1) is 10.1 Å². The molecule has 0 spiro atoms. The summed E-state index contributed by atoms with van der Waals surface area (Å²) < 4.78 is 77.2. The Morgan fingerprint density at radius 2 is 1.45 bits per heavy atom. The number of carbonyl (C=O) groups is 1. The van der Waals surface area contributed by atoms with E-state index in [0.717, 1.165) is 30.3 Å². The van der Waals surface area contributed by atoms with Gasteiger partial charge in [0.25, 0.3) is 11.6 Å². The zero-order chi connectivity index (χ0) is 23.0. The van der Waals surface area contributed by atoms with Crippen molar-refractivity contribution in [3.05, 3.63) is 69.3 Å². The van der Waals surface area contributed by atoms with Crippen LogP contribution in [0.3, 0.4) is 0 Å². The minimum atomic E-state index is -4.74. The summed E-state index contributed by atoms with van der Waals surface area (Å²) in [6.07, 6.45) is -9.34. The molecule has 0 radical (unpaired) electrons. The molecule has 0 saturated carbocycles. The lowest BCUT2D eigenvalue weighted by atomic mass is 10.1. The first-order valence-corrected chi connectivity index (χ1v) is 8.95. The number of amides is 1. The minimum Gasteiger partial charge on any atom is -0.362 e. The Bertz CT molecular complexity index is 998. The Labute approximate surface area is 171 Å². The standard InChI is InChI=1S/C19H15F6N3O3/c20-18(21,22)13-3-1-2-12(10-13)17(29)27-8-6-26(7-9-27)15-5-4-14(19(23,24)25)11-16(15)28(30)31/h1-5,10-11H,6-9H2. The van der Waals surface area contributed by atoms with Gasteiger partial charge in [0.15, 0.2) is 0 Å². The van der Waals surface area contributed by atoms with Crippen LogP contribution in [-0.4, -0.2) is 41.9 Å². The fourth-order valence-electron chi connectivity index (χ4n) is 3.27. The predicted molar refractivity (Wildman–Crippen MR) is 97.7 cm³/mol. The SMILES string of the molecule is O=C(c1cccc(C(F)(F)F)c1)N1CCN(c2ccc(C(F)(F)F)cc2[N+](=O)[O-])CC1. The van der Waals surface area contributed by atoms with E-state index in [1.807, 2.05) is 0 Å². The topological polar surface area (TPSA) is 66.7 Å². The quantitative estimate of drug-likeness (QED) is 0.392. The van der Waals surface area contributed by atoms with E-state index in [2.05, 4.69) is 0 Å². The van der Waals surface area contributed by atoms with Crippen molar-refractivity contribution in [1.82, 2.24) is 4.90 Å². The van der Waals surface area contributed by atoms with E-state index >= 15 is 0 Å². The van der Waals surface area contributed by atoms with E-state index in [1.54, 1.807) is 0 Å². The molecule has 12 heteroatoms. The van der Waals surface area contributed by atoms with E-state index in [9.17, 15) is 41.3 Å². The van der Waals surface area contributed by atoms with Gasteiger partial charge in [0.2, 0.25) is 0 Å². The van der Waals surface area contributed by atoms with Crippen LogP contribution in [0.5, 0.6) is 0 Å². The summed E-state index contributed by atoms with van der Waals surface area (Å²) in [6, 6.07) is 6.17. The molecule has 166 valence electrons. The van der Waals surface area contributed by atoms with Gasteiger partial charge in [-0.3, -0.25) is 14.9 Å². The third kappa shape index (κ3) is 4.89. The molecule has 1 heterocycles. The van der Waals surface area contributed by atoms with Crippen LogP contribution in [-0.2, 0) is 12.4 Å². The third-order valence-electron chi connectivity index (χ3n) is 4.84. The molecular weight excluding hydrogens is 432 g/mol. The number of piperazine rings is 1. The number of rotatable bonds is 3. The largest absolute Gasteiger partial charge is 0.416 e. The van der Waals surface area contributed by atoms with Gasteiger partial charge in [0.1, 0.15) is 5.69 Å². The van der Waals surface area contributed by atoms with Crippen molar-refractivity contribution in [3.63, 3.8) is 0 Å². The maximum absolute atomic E-state index is 12.9. The molecule has 0 unspecified atom stereocenters. The van der Waals surface area contributed by atoms with Crippen molar-refractivity contribution < 1.29 is 36.1 Å². The average molecular weight is 447 g/mol. The number of halogens is 6. The molecule has 0 atom stereocenters. The smallest absolute Gasteiger partial charge is 0.362 e. The van der Waals surface area contributed by atoms with Crippen molar-refractivity contribution in [2.75, 3.05) is 31.1 Å². The van der Waals surface area contributed by atoms with Gasteiger partial charge in [-0.2, -0.15) is 26.3 Å². The van der Waals surface area contributed by atoms with Gasteiger partial charge in [0.05, 0.1) is 16.1 Å². The molecule has 2 aromatic rings. The highest BCUT2D eigenvalue weighted by Gasteiger charge is 2.35. The first kappa shape index (κ1) is 22.4. The van der Waals surface area contributed by atoms with Gasteiger partial charge < -0.3 is 9.80 Å². The second kappa shape index (κ2) is 8.08. The highest BCUT2D eigenvalue weighted by atomic mass is 19.4. The van der Waals surface area contributed by atoms with Crippen LogP contribution in [0.1, 0.15) is 21.5 Å². The molecule has 0 bridgehead atoms. The fourth-order valence-corrected chi connectivity index (χ4v) is 3.27. The lowest BCUT2D eigenvalue weighted by Crippen LogP contribution is -2.49. The van der Waals surface area contributed by atoms with Gasteiger partial charge in [-0.15, -0.1) is 0 Å². The van der Waals surface area contributed by atoms with E-state index < -0.39 is 40.0 Å². The summed E-state index contributed by atoms with van der Waals surface area (Å²) in [5, 5.41) is 11.3. The zero-order valence-electron chi connectivity index (χ0n) is 15.7. The van der Waals surface area contributed by atoms with Gasteiger partial charge in [-0.25, -0.2) is 0 Å². The summed E-state index contributed by atoms with van der Waals surface area (Å²) in [4.78, 5) is 25.7. The normalized spacial score (nSPS) is 15.2. The molecule has 1 fully saturated rings. The maximum atomic E-state index is 12.9. The molecule has 31 heavy (non-hydrogen) atoms. The van der Waals surface area contributed by atoms with Crippen LogP contribution in [0.15, 0.2) is 42.5 Å².